The maximum Gasteiger partial charge on any atom is 0.243 e. The van der Waals surface area contributed by atoms with Crippen LogP contribution >= 0.6 is 0 Å². The minimum absolute atomic E-state index is 0.112. The Morgan fingerprint density at radius 1 is 1.25 bits per heavy atom. The van der Waals surface area contributed by atoms with Gasteiger partial charge >= 0.3 is 0 Å². The molecule has 0 unspecified atom stereocenters. The summed E-state index contributed by atoms with van der Waals surface area (Å²) in [5, 5.41) is 5.10. The quantitative estimate of drug-likeness (QED) is 0.616. The van der Waals surface area contributed by atoms with E-state index in [4.69, 9.17) is 10.5 Å². The maximum absolute atomic E-state index is 11.7. The van der Waals surface area contributed by atoms with Gasteiger partial charge in [0, 0.05) is 0 Å². The van der Waals surface area contributed by atoms with Crippen molar-refractivity contribution in [2.24, 2.45) is 5.73 Å². The second-order valence-electron chi connectivity index (χ2n) is 4.23. The molecule has 0 spiro atoms. The fraction of sp³-hybridized carbons (Fsp3) is 0.429. The number of hydrogen-bond acceptors (Lipinski definition) is 4. The Hall–Kier alpha value is -2.08. The van der Waals surface area contributed by atoms with E-state index in [0.717, 1.165) is 12.8 Å². The molecule has 4 N–H and O–H groups in total. The van der Waals surface area contributed by atoms with E-state index in [2.05, 4.69) is 17.6 Å². The molecule has 2 amide bonds. The number of hydrogen-bond donors (Lipinski definition) is 3. The van der Waals surface area contributed by atoms with Crippen LogP contribution in [0.25, 0.3) is 0 Å². The van der Waals surface area contributed by atoms with Crippen LogP contribution in [-0.2, 0) is 9.59 Å². The second kappa shape index (κ2) is 8.92. The number of ether oxygens (including phenoxy) is 1. The third-order valence-corrected chi connectivity index (χ3v) is 2.55. The largest absolute Gasteiger partial charge is 0.491 e. The van der Waals surface area contributed by atoms with Gasteiger partial charge in [-0.3, -0.25) is 9.59 Å². The first-order valence-electron chi connectivity index (χ1n) is 6.65. The predicted octanol–water partition coefficient (Wildman–Crippen LogP) is 0.879. The summed E-state index contributed by atoms with van der Waals surface area (Å²) in [7, 11) is 0. The SMILES string of the molecule is CCCCOc1ccccc1NC(=O)CNC(=O)CN. The van der Waals surface area contributed by atoms with E-state index < -0.39 is 0 Å². The summed E-state index contributed by atoms with van der Waals surface area (Å²) >= 11 is 0. The topological polar surface area (TPSA) is 93.5 Å². The average Bonchev–Trinajstić information content (AvgIpc) is 2.46. The highest BCUT2D eigenvalue weighted by Crippen LogP contribution is 2.23. The first-order chi connectivity index (χ1) is 9.67. The summed E-state index contributed by atoms with van der Waals surface area (Å²) in [5.41, 5.74) is 5.73. The van der Waals surface area contributed by atoms with Crippen LogP contribution in [0.4, 0.5) is 5.69 Å². The highest BCUT2D eigenvalue weighted by molar-refractivity contribution is 5.95. The summed E-state index contributed by atoms with van der Waals surface area (Å²) in [5.74, 6) is -0.0644. The zero-order valence-electron chi connectivity index (χ0n) is 11.6. The van der Waals surface area contributed by atoms with Crippen molar-refractivity contribution in [2.45, 2.75) is 19.8 Å². The van der Waals surface area contributed by atoms with Crippen LogP contribution < -0.4 is 21.1 Å². The van der Waals surface area contributed by atoms with Crippen LogP contribution in [0.15, 0.2) is 24.3 Å². The Balaban J connectivity index is 2.53. The molecule has 0 bridgehead atoms. The van der Waals surface area contributed by atoms with Gasteiger partial charge in [0.15, 0.2) is 0 Å². The summed E-state index contributed by atoms with van der Waals surface area (Å²) in [6.07, 6.45) is 1.99. The molecule has 6 nitrogen and oxygen atoms in total. The van der Waals surface area contributed by atoms with Crippen LogP contribution in [-0.4, -0.2) is 31.5 Å². The molecule has 20 heavy (non-hydrogen) atoms. The molecule has 0 fully saturated rings. The predicted molar refractivity (Wildman–Crippen MR) is 77.5 cm³/mol. The molecular weight excluding hydrogens is 258 g/mol. The van der Waals surface area contributed by atoms with Crippen molar-refractivity contribution in [3.8, 4) is 5.75 Å². The van der Waals surface area contributed by atoms with Gasteiger partial charge in [-0.05, 0) is 18.6 Å². The second-order valence-corrected chi connectivity index (χ2v) is 4.23. The number of carbonyl (C=O) groups is 2. The minimum Gasteiger partial charge on any atom is -0.491 e. The van der Waals surface area contributed by atoms with Gasteiger partial charge in [-0.25, -0.2) is 0 Å². The lowest BCUT2D eigenvalue weighted by molar-refractivity contribution is -0.123. The molecule has 0 aliphatic carbocycles. The monoisotopic (exact) mass is 279 g/mol. The molecule has 1 aromatic rings. The van der Waals surface area contributed by atoms with E-state index in [9.17, 15) is 9.59 Å². The lowest BCUT2D eigenvalue weighted by Crippen LogP contribution is -2.36. The van der Waals surface area contributed by atoms with Gasteiger partial charge in [0.05, 0.1) is 25.4 Å². The third kappa shape index (κ3) is 5.71. The number of carbonyl (C=O) groups excluding carboxylic acids is 2. The van der Waals surface area contributed by atoms with Gasteiger partial charge in [-0.2, -0.15) is 0 Å². The van der Waals surface area contributed by atoms with E-state index in [1.165, 1.54) is 0 Å². The molecule has 0 aliphatic rings. The number of rotatable bonds is 8. The Kier molecular flexibility index (Phi) is 7.13. The van der Waals surface area contributed by atoms with Crippen molar-refractivity contribution in [1.82, 2.24) is 5.32 Å². The Morgan fingerprint density at radius 2 is 2.00 bits per heavy atom. The number of benzene rings is 1. The molecular formula is C14H21N3O3. The summed E-state index contributed by atoms with van der Waals surface area (Å²) in [6.45, 7) is 2.44. The minimum atomic E-state index is -0.368. The van der Waals surface area contributed by atoms with Gasteiger partial charge in [-0.15, -0.1) is 0 Å². The molecule has 0 aliphatic heterocycles. The van der Waals surface area contributed by atoms with Gasteiger partial charge in [-0.1, -0.05) is 25.5 Å². The first kappa shape index (κ1) is 16.0. The van der Waals surface area contributed by atoms with Crippen molar-refractivity contribution >= 4 is 17.5 Å². The van der Waals surface area contributed by atoms with Gasteiger partial charge in [0.2, 0.25) is 11.8 Å². The van der Waals surface area contributed by atoms with Crippen molar-refractivity contribution in [3.63, 3.8) is 0 Å². The van der Waals surface area contributed by atoms with E-state index in [0.29, 0.717) is 18.0 Å². The van der Waals surface area contributed by atoms with Crippen molar-refractivity contribution in [1.29, 1.82) is 0 Å². The summed E-state index contributed by atoms with van der Waals surface area (Å²) < 4.78 is 5.60. The van der Waals surface area contributed by atoms with Gasteiger partial charge in [0.1, 0.15) is 5.75 Å². The molecule has 0 atom stereocenters. The molecule has 1 rings (SSSR count). The normalized spacial score (nSPS) is 9.90. The molecule has 110 valence electrons. The van der Waals surface area contributed by atoms with Crippen molar-refractivity contribution in [3.05, 3.63) is 24.3 Å². The average molecular weight is 279 g/mol. The number of para-hydroxylation sites is 2. The molecule has 0 aromatic heterocycles. The fourth-order valence-electron chi connectivity index (χ4n) is 1.47. The Morgan fingerprint density at radius 3 is 2.70 bits per heavy atom. The molecule has 0 saturated carbocycles. The van der Waals surface area contributed by atoms with Gasteiger partial charge < -0.3 is 21.1 Å². The van der Waals surface area contributed by atoms with E-state index in [1.807, 2.05) is 6.07 Å². The lowest BCUT2D eigenvalue weighted by Gasteiger charge is -2.12. The Labute approximate surface area is 118 Å². The molecule has 0 radical (unpaired) electrons. The van der Waals surface area contributed by atoms with Crippen molar-refractivity contribution < 1.29 is 14.3 Å². The number of amides is 2. The van der Waals surface area contributed by atoms with Crippen LogP contribution in [0, 0.1) is 0 Å². The number of nitrogens with one attached hydrogen (secondary N) is 2. The zero-order valence-corrected chi connectivity index (χ0v) is 11.6. The van der Waals surface area contributed by atoms with Crippen LogP contribution in [0.3, 0.4) is 0 Å². The smallest absolute Gasteiger partial charge is 0.243 e. The van der Waals surface area contributed by atoms with Crippen molar-refractivity contribution in [2.75, 3.05) is 25.0 Å². The van der Waals surface area contributed by atoms with E-state index >= 15 is 0 Å². The molecule has 0 saturated heterocycles. The van der Waals surface area contributed by atoms with Crippen LogP contribution in [0.2, 0.25) is 0 Å². The van der Waals surface area contributed by atoms with Crippen LogP contribution in [0.1, 0.15) is 19.8 Å². The van der Waals surface area contributed by atoms with E-state index in [-0.39, 0.29) is 24.9 Å². The summed E-state index contributed by atoms with van der Waals surface area (Å²) in [6, 6.07) is 7.20. The zero-order chi connectivity index (χ0) is 14.8. The summed E-state index contributed by atoms with van der Waals surface area (Å²) in [4.78, 5) is 22.7. The first-order valence-corrected chi connectivity index (χ1v) is 6.65. The lowest BCUT2D eigenvalue weighted by atomic mass is 10.3. The maximum atomic E-state index is 11.7. The number of anilines is 1. The highest BCUT2D eigenvalue weighted by atomic mass is 16.5. The van der Waals surface area contributed by atoms with Gasteiger partial charge in [0.25, 0.3) is 0 Å². The molecule has 6 heteroatoms. The number of unbranched alkanes of at least 4 members (excludes halogenated alkanes) is 1. The third-order valence-electron chi connectivity index (χ3n) is 2.55. The number of nitrogens with two attached hydrogens (primary N) is 1. The van der Waals surface area contributed by atoms with Crippen LogP contribution in [0.5, 0.6) is 5.75 Å². The Bertz CT molecular complexity index is 449. The standard InChI is InChI=1S/C14H21N3O3/c1-2-3-8-20-12-7-5-4-6-11(12)17-14(19)10-16-13(18)9-15/h4-7H,2-3,8-10,15H2,1H3,(H,16,18)(H,17,19). The highest BCUT2D eigenvalue weighted by Gasteiger charge is 2.08. The fourth-order valence-corrected chi connectivity index (χ4v) is 1.47. The molecule has 0 heterocycles. The molecule has 1 aromatic carbocycles. The van der Waals surface area contributed by atoms with E-state index in [1.54, 1.807) is 18.2 Å².